The summed E-state index contributed by atoms with van der Waals surface area (Å²) in [5, 5.41) is 1.13. The monoisotopic (exact) mass is 412 g/mol. The van der Waals surface area contributed by atoms with Crippen molar-refractivity contribution in [3.05, 3.63) is 28.4 Å². The number of fused-ring (bicyclic) bond motifs is 1. The summed E-state index contributed by atoms with van der Waals surface area (Å²) in [5.74, 6) is 0.553. The number of benzene rings is 1. The molecule has 1 aromatic heterocycles. The Balaban J connectivity index is 2.01. The van der Waals surface area contributed by atoms with Crippen LogP contribution in [0.2, 0.25) is 0 Å². The van der Waals surface area contributed by atoms with E-state index < -0.39 is 15.6 Å². The minimum atomic E-state index is -3.52. The summed E-state index contributed by atoms with van der Waals surface area (Å²) in [6.45, 7) is 5.53. The van der Waals surface area contributed by atoms with Gasteiger partial charge >= 0.3 is 0 Å². The highest BCUT2D eigenvalue weighted by molar-refractivity contribution is 9.10. The molecule has 0 radical (unpaired) electrons. The Morgan fingerprint density at radius 3 is 2.46 bits per heavy atom. The van der Waals surface area contributed by atoms with Crippen LogP contribution in [0.4, 0.5) is 0 Å². The molecule has 0 unspecified atom stereocenters. The van der Waals surface area contributed by atoms with Gasteiger partial charge < -0.3 is 4.98 Å². The zero-order valence-corrected chi connectivity index (χ0v) is 16.9. The number of hydrogen-bond acceptors (Lipinski definition) is 2. The molecular weight excluding hydrogens is 388 g/mol. The summed E-state index contributed by atoms with van der Waals surface area (Å²) >= 11 is 3.65. The van der Waals surface area contributed by atoms with Crippen LogP contribution in [0, 0.1) is 0 Å². The van der Waals surface area contributed by atoms with Crippen LogP contribution in [-0.4, -0.2) is 18.9 Å². The Morgan fingerprint density at radius 2 is 1.83 bits per heavy atom. The summed E-state index contributed by atoms with van der Waals surface area (Å²) in [6, 6.07) is 5.39. The summed E-state index contributed by atoms with van der Waals surface area (Å²) in [5.41, 5.74) is 1.67. The second-order valence-corrected chi connectivity index (χ2v) is 10.2. The van der Waals surface area contributed by atoms with Crippen molar-refractivity contribution < 1.29 is 8.42 Å². The molecule has 0 bridgehead atoms. The van der Waals surface area contributed by atoms with Gasteiger partial charge in [0.25, 0.3) is 0 Å². The van der Waals surface area contributed by atoms with E-state index in [1.807, 2.05) is 26.8 Å². The van der Waals surface area contributed by atoms with E-state index in [1.165, 1.54) is 37.7 Å². The molecule has 1 aliphatic carbocycles. The van der Waals surface area contributed by atoms with Crippen molar-refractivity contribution >= 4 is 36.9 Å². The molecule has 0 saturated heterocycles. The predicted molar refractivity (Wildman–Crippen MR) is 102 cm³/mol. The zero-order chi connectivity index (χ0) is 17.5. The van der Waals surface area contributed by atoms with Gasteiger partial charge in [0.1, 0.15) is 0 Å². The van der Waals surface area contributed by atoms with Crippen molar-refractivity contribution in [1.29, 1.82) is 0 Å². The first kappa shape index (κ1) is 18.0. The Kier molecular flexibility index (Phi) is 4.84. The van der Waals surface area contributed by atoms with E-state index in [-0.39, 0.29) is 0 Å². The molecule has 132 valence electrons. The van der Waals surface area contributed by atoms with Gasteiger partial charge in [-0.3, -0.25) is 0 Å². The van der Waals surface area contributed by atoms with Gasteiger partial charge in [-0.25, -0.2) is 13.1 Å². The molecule has 0 aliphatic heterocycles. The third-order valence-electron chi connectivity index (χ3n) is 4.53. The van der Waals surface area contributed by atoms with E-state index >= 15 is 0 Å². The summed E-state index contributed by atoms with van der Waals surface area (Å²) < 4.78 is 28.8. The number of H-pyrrole nitrogens is 1. The fourth-order valence-electron chi connectivity index (χ4n) is 3.59. The van der Waals surface area contributed by atoms with E-state index in [0.717, 1.165) is 15.5 Å². The van der Waals surface area contributed by atoms with E-state index in [0.29, 0.717) is 10.8 Å². The summed E-state index contributed by atoms with van der Waals surface area (Å²) in [6.07, 6.45) is 6.27. The van der Waals surface area contributed by atoms with Crippen LogP contribution < -0.4 is 4.72 Å². The number of rotatable bonds is 3. The number of sulfonamides is 1. The van der Waals surface area contributed by atoms with Gasteiger partial charge in [-0.15, -0.1) is 0 Å². The second-order valence-electron chi connectivity index (χ2n) is 7.75. The molecule has 2 N–H and O–H groups in total. The van der Waals surface area contributed by atoms with Gasteiger partial charge in [-0.05, 0) is 73.2 Å². The largest absolute Gasteiger partial charge is 0.349 e. The average Bonchev–Trinajstić information content (AvgIpc) is 2.80. The molecule has 0 atom stereocenters. The molecule has 1 heterocycles. The number of hydrogen-bond donors (Lipinski definition) is 2. The first-order valence-electron chi connectivity index (χ1n) is 8.52. The molecule has 3 rings (SSSR count). The minimum absolute atomic E-state index is 0.300. The standard InChI is InChI=1S/C18H25BrN2O2S/c1-18(2,3)21-24(22,23)13-9-10-14-15(11-13)20-17(19)16(14)12-7-5-4-6-8-12/h9-12,20-21H,4-8H2,1-3H3. The molecule has 24 heavy (non-hydrogen) atoms. The van der Waals surface area contributed by atoms with E-state index in [2.05, 4.69) is 25.6 Å². The van der Waals surface area contributed by atoms with Crippen LogP contribution in [-0.2, 0) is 10.0 Å². The lowest BCUT2D eigenvalue weighted by Crippen LogP contribution is -2.40. The lowest BCUT2D eigenvalue weighted by Gasteiger charge is -2.22. The van der Waals surface area contributed by atoms with Crippen molar-refractivity contribution in [1.82, 2.24) is 9.71 Å². The number of aromatic amines is 1. The van der Waals surface area contributed by atoms with Crippen LogP contribution in [0.3, 0.4) is 0 Å². The highest BCUT2D eigenvalue weighted by atomic mass is 79.9. The molecular formula is C18H25BrN2O2S. The normalized spacial score (nSPS) is 17.5. The quantitative estimate of drug-likeness (QED) is 0.739. The third-order valence-corrected chi connectivity index (χ3v) is 6.91. The van der Waals surface area contributed by atoms with Gasteiger partial charge in [0.2, 0.25) is 10.0 Å². The molecule has 0 spiro atoms. The van der Waals surface area contributed by atoms with Crippen molar-refractivity contribution in [2.45, 2.75) is 69.2 Å². The molecule has 1 fully saturated rings. The molecule has 6 heteroatoms. The Bertz CT molecular complexity index is 844. The highest BCUT2D eigenvalue weighted by Crippen LogP contribution is 2.41. The van der Waals surface area contributed by atoms with E-state index in [9.17, 15) is 8.42 Å². The minimum Gasteiger partial charge on any atom is -0.349 e. The lowest BCUT2D eigenvalue weighted by molar-refractivity contribution is 0.444. The van der Waals surface area contributed by atoms with Crippen molar-refractivity contribution in [3.63, 3.8) is 0 Å². The molecule has 1 aliphatic rings. The summed E-state index contributed by atoms with van der Waals surface area (Å²) in [4.78, 5) is 3.62. The van der Waals surface area contributed by atoms with Crippen LogP contribution in [0.25, 0.3) is 10.9 Å². The van der Waals surface area contributed by atoms with Crippen molar-refractivity contribution in [2.24, 2.45) is 0 Å². The average molecular weight is 413 g/mol. The fourth-order valence-corrected chi connectivity index (χ4v) is 5.78. The third kappa shape index (κ3) is 3.70. The van der Waals surface area contributed by atoms with Crippen LogP contribution >= 0.6 is 15.9 Å². The SMILES string of the molecule is CC(C)(C)NS(=O)(=O)c1ccc2c(C3CCCCC3)c(Br)[nH]c2c1. The van der Waals surface area contributed by atoms with Crippen molar-refractivity contribution in [3.8, 4) is 0 Å². The highest BCUT2D eigenvalue weighted by Gasteiger charge is 2.25. The maximum absolute atomic E-state index is 12.5. The second kappa shape index (κ2) is 6.46. The molecule has 1 saturated carbocycles. The van der Waals surface area contributed by atoms with Gasteiger partial charge in [0, 0.05) is 16.4 Å². The smallest absolute Gasteiger partial charge is 0.241 e. The number of halogens is 1. The van der Waals surface area contributed by atoms with Crippen LogP contribution in [0.15, 0.2) is 27.7 Å². The summed E-state index contributed by atoms with van der Waals surface area (Å²) in [7, 11) is -3.52. The first-order chi connectivity index (χ1) is 11.2. The van der Waals surface area contributed by atoms with Gasteiger partial charge in [-0.2, -0.15) is 0 Å². The lowest BCUT2D eigenvalue weighted by atomic mass is 9.84. The molecule has 1 aromatic carbocycles. The number of nitrogens with one attached hydrogen (secondary N) is 2. The van der Waals surface area contributed by atoms with E-state index in [1.54, 1.807) is 12.1 Å². The molecule has 0 amide bonds. The zero-order valence-electron chi connectivity index (χ0n) is 14.4. The fraction of sp³-hybridized carbons (Fsp3) is 0.556. The Hall–Kier alpha value is -0.850. The Labute approximate surface area is 152 Å². The van der Waals surface area contributed by atoms with Crippen molar-refractivity contribution in [2.75, 3.05) is 0 Å². The Morgan fingerprint density at radius 1 is 1.17 bits per heavy atom. The molecule has 2 aromatic rings. The van der Waals surface area contributed by atoms with Crippen LogP contribution in [0.1, 0.15) is 64.4 Å². The first-order valence-corrected chi connectivity index (χ1v) is 10.8. The van der Waals surface area contributed by atoms with E-state index in [4.69, 9.17) is 0 Å². The number of aromatic nitrogens is 1. The maximum Gasteiger partial charge on any atom is 0.241 e. The van der Waals surface area contributed by atoms with Gasteiger partial charge in [0.15, 0.2) is 0 Å². The predicted octanol–water partition coefficient (Wildman–Crippen LogP) is 5.05. The molecule has 4 nitrogen and oxygen atoms in total. The van der Waals surface area contributed by atoms with Gasteiger partial charge in [-0.1, -0.05) is 25.3 Å². The maximum atomic E-state index is 12.5. The topological polar surface area (TPSA) is 62.0 Å². The van der Waals surface area contributed by atoms with Crippen LogP contribution in [0.5, 0.6) is 0 Å². The van der Waals surface area contributed by atoms with Gasteiger partial charge in [0.05, 0.1) is 9.50 Å².